The van der Waals surface area contributed by atoms with Crippen molar-refractivity contribution in [2.45, 2.75) is 19.4 Å². The Morgan fingerprint density at radius 2 is 2.21 bits per heavy atom. The zero-order chi connectivity index (χ0) is 14.0. The lowest BCUT2D eigenvalue weighted by atomic mass is 9.99. The molecule has 0 spiro atoms. The van der Waals surface area contributed by atoms with E-state index in [1.165, 1.54) is 17.1 Å². The van der Waals surface area contributed by atoms with E-state index in [4.69, 9.17) is 10.2 Å². The maximum Gasteiger partial charge on any atom is 0.335 e. The molecule has 6 heteroatoms. The number of aliphatic hydroxyl groups is 1. The van der Waals surface area contributed by atoms with Crippen molar-refractivity contribution in [2.75, 3.05) is 11.6 Å². The first-order valence-corrected chi connectivity index (χ1v) is 6.09. The topological polar surface area (TPSA) is 89.9 Å². The van der Waals surface area contributed by atoms with Gasteiger partial charge in [0.2, 0.25) is 5.91 Å². The van der Waals surface area contributed by atoms with Gasteiger partial charge in [0.1, 0.15) is 0 Å². The van der Waals surface area contributed by atoms with Crippen molar-refractivity contribution < 1.29 is 19.8 Å². The van der Waals surface area contributed by atoms with Crippen LogP contribution in [0.3, 0.4) is 0 Å². The minimum Gasteiger partial charge on any atom is -0.478 e. The fourth-order valence-electron chi connectivity index (χ4n) is 2.23. The Morgan fingerprint density at radius 1 is 1.47 bits per heavy atom. The number of hydrazine groups is 1. The normalized spacial score (nSPS) is 22.8. The lowest BCUT2D eigenvalue weighted by Crippen LogP contribution is -2.36. The quantitative estimate of drug-likeness (QED) is 0.742. The van der Waals surface area contributed by atoms with Crippen LogP contribution in [0.1, 0.15) is 23.7 Å². The molecule has 0 radical (unpaired) electrons. The first-order chi connectivity index (χ1) is 9.04. The van der Waals surface area contributed by atoms with Crippen LogP contribution in [0.2, 0.25) is 0 Å². The maximum absolute atomic E-state index is 12.2. The Bertz CT molecular complexity index is 503. The van der Waals surface area contributed by atoms with E-state index < -0.39 is 5.97 Å². The second kappa shape index (κ2) is 5.38. The number of anilines is 1. The van der Waals surface area contributed by atoms with E-state index in [9.17, 15) is 9.59 Å². The molecule has 1 aromatic carbocycles. The second-order valence-corrected chi connectivity index (χ2v) is 4.57. The van der Waals surface area contributed by atoms with Crippen LogP contribution >= 0.6 is 0 Å². The Balaban J connectivity index is 2.25. The molecular formula is C13H16N2O4. The third kappa shape index (κ3) is 2.59. The SMILES string of the molecule is CC1NN(c2cccc(C(=O)O)c2)C(=O)C1CCO. The number of rotatable bonds is 4. The van der Waals surface area contributed by atoms with Crippen LogP contribution in [0, 0.1) is 5.92 Å². The number of aliphatic hydroxyl groups excluding tert-OH is 1. The van der Waals surface area contributed by atoms with Crippen LogP contribution in [0.15, 0.2) is 24.3 Å². The number of hydrogen-bond acceptors (Lipinski definition) is 4. The standard InChI is InChI=1S/C13H16N2O4/c1-8-11(5-6-16)12(17)15(14-8)10-4-2-3-9(7-10)13(18)19/h2-4,7-8,11,14,16H,5-6H2,1H3,(H,18,19). The minimum absolute atomic E-state index is 0.0502. The van der Waals surface area contributed by atoms with E-state index in [1.807, 2.05) is 6.92 Å². The van der Waals surface area contributed by atoms with Crippen molar-refractivity contribution in [1.29, 1.82) is 0 Å². The summed E-state index contributed by atoms with van der Waals surface area (Å²) in [6.07, 6.45) is 0.391. The molecule has 0 saturated carbocycles. The number of amides is 1. The molecule has 2 atom stereocenters. The number of aromatic carboxylic acids is 1. The zero-order valence-corrected chi connectivity index (χ0v) is 10.5. The molecule has 19 heavy (non-hydrogen) atoms. The lowest BCUT2D eigenvalue weighted by molar-refractivity contribution is -0.121. The van der Waals surface area contributed by atoms with Crippen molar-refractivity contribution in [1.82, 2.24) is 5.43 Å². The number of carbonyl (C=O) groups is 2. The smallest absolute Gasteiger partial charge is 0.335 e. The molecule has 1 aliphatic heterocycles. The highest BCUT2D eigenvalue weighted by Crippen LogP contribution is 2.25. The molecule has 3 N–H and O–H groups in total. The molecule has 2 unspecified atom stereocenters. The molecule has 0 aliphatic carbocycles. The molecule has 102 valence electrons. The number of carboxylic acid groups (broad SMARTS) is 1. The molecule has 0 bridgehead atoms. The van der Waals surface area contributed by atoms with Gasteiger partial charge in [-0.3, -0.25) is 4.79 Å². The molecule has 1 fully saturated rings. The monoisotopic (exact) mass is 264 g/mol. The molecule has 1 saturated heterocycles. The highest BCUT2D eigenvalue weighted by molar-refractivity contribution is 5.98. The predicted octanol–water partition coefficient (Wildman–Crippen LogP) is 0.623. The van der Waals surface area contributed by atoms with Gasteiger partial charge in [0.05, 0.1) is 17.2 Å². The first-order valence-electron chi connectivity index (χ1n) is 6.09. The summed E-state index contributed by atoms with van der Waals surface area (Å²) in [5.74, 6) is -1.48. The number of benzene rings is 1. The second-order valence-electron chi connectivity index (χ2n) is 4.57. The van der Waals surface area contributed by atoms with Gasteiger partial charge >= 0.3 is 5.97 Å². The molecule has 1 aromatic rings. The summed E-state index contributed by atoms with van der Waals surface area (Å²) >= 11 is 0. The van der Waals surface area contributed by atoms with Crippen LogP contribution in [-0.2, 0) is 4.79 Å². The van der Waals surface area contributed by atoms with Gasteiger partial charge in [-0.2, -0.15) is 0 Å². The van der Waals surface area contributed by atoms with E-state index >= 15 is 0 Å². The summed E-state index contributed by atoms with van der Waals surface area (Å²) in [6.45, 7) is 1.81. The highest BCUT2D eigenvalue weighted by atomic mass is 16.4. The number of hydrogen-bond donors (Lipinski definition) is 3. The minimum atomic E-state index is -1.03. The fraction of sp³-hybridized carbons (Fsp3) is 0.385. The fourth-order valence-corrected chi connectivity index (χ4v) is 2.23. The van der Waals surface area contributed by atoms with Crippen molar-refractivity contribution in [3.8, 4) is 0 Å². The average molecular weight is 264 g/mol. The molecule has 2 rings (SSSR count). The van der Waals surface area contributed by atoms with Crippen molar-refractivity contribution in [3.05, 3.63) is 29.8 Å². The van der Waals surface area contributed by atoms with Gasteiger partial charge in [-0.25, -0.2) is 15.2 Å². The number of carboxylic acids is 1. The summed E-state index contributed by atoms with van der Waals surface area (Å²) in [5, 5.41) is 19.3. The average Bonchev–Trinajstić information content (AvgIpc) is 2.67. The summed E-state index contributed by atoms with van der Waals surface area (Å²) in [5.41, 5.74) is 3.63. The lowest BCUT2D eigenvalue weighted by Gasteiger charge is -2.17. The van der Waals surface area contributed by atoms with Crippen LogP contribution in [0.5, 0.6) is 0 Å². The van der Waals surface area contributed by atoms with Gasteiger partial charge in [0.15, 0.2) is 0 Å². The molecule has 1 heterocycles. The Labute approximate surface area is 110 Å². The van der Waals surface area contributed by atoms with Crippen molar-refractivity contribution in [3.63, 3.8) is 0 Å². The Hall–Kier alpha value is -1.92. The molecular weight excluding hydrogens is 248 g/mol. The molecule has 6 nitrogen and oxygen atoms in total. The van der Waals surface area contributed by atoms with Gasteiger partial charge in [-0.15, -0.1) is 0 Å². The van der Waals surface area contributed by atoms with E-state index in [1.54, 1.807) is 12.1 Å². The van der Waals surface area contributed by atoms with Gasteiger partial charge in [-0.1, -0.05) is 6.07 Å². The Kier molecular flexibility index (Phi) is 3.82. The summed E-state index contributed by atoms with van der Waals surface area (Å²) in [7, 11) is 0. The maximum atomic E-state index is 12.2. The number of carbonyl (C=O) groups excluding carboxylic acids is 1. The van der Waals surface area contributed by atoms with Crippen molar-refractivity contribution in [2.24, 2.45) is 5.92 Å². The van der Waals surface area contributed by atoms with Crippen LogP contribution in [0.4, 0.5) is 5.69 Å². The van der Waals surface area contributed by atoms with Crippen LogP contribution in [-0.4, -0.2) is 34.7 Å². The molecule has 0 aromatic heterocycles. The van der Waals surface area contributed by atoms with E-state index in [2.05, 4.69) is 5.43 Å². The van der Waals surface area contributed by atoms with Crippen molar-refractivity contribution >= 4 is 17.6 Å². The summed E-state index contributed by atoms with van der Waals surface area (Å²) < 4.78 is 0. The molecule has 1 aliphatic rings. The van der Waals surface area contributed by atoms with E-state index in [-0.39, 0.29) is 30.0 Å². The predicted molar refractivity (Wildman–Crippen MR) is 68.7 cm³/mol. The highest BCUT2D eigenvalue weighted by Gasteiger charge is 2.37. The summed E-state index contributed by atoms with van der Waals surface area (Å²) in [6, 6.07) is 6.10. The first kappa shape index (κ1) is 13.5. The van der Waals surface area contributed by atoms with E-state index in [0.29, 0.717) is 12.1 Å². The third-order valence-corrected chi connectivity index (χ3v) is 3.27. The zero-order valence-electron chi connectivity index (χ0n) is 10.5. The van der Waals surface area contributed by atoms with Crippen LogP contribution in [0.25, 0.3) is 0 Å². The number of nitrogens with one attached hydrogen (secondary N) is 1. The summed E-state index contributed by atoms with van der Waals surface area (Å²) in [4.78, 5) is 23.1. The van der Waals surface area contributed by atoms with Gasteiger partial charge in [-0.05, 0) is 31.5 Å². The third-order valence-electron chi connectivity index (χ3n) is 3.27. The largest absolute Gasteiger partial charge is 0.478 e. The van der Waals surface area contributed by atoms with Gasteiger partial charge < -0.3 is 10.2 Å². The van der Waals surface area contributed by atoms with E-state index in [0.717, 1.165) is 0 Å². The number of nitrogens with zero attached hydrogens (tertiary/aromatic N) is 1. The molecule has 1 amide bonds. The van der Waals surface area contributed by atoms with Gasteiger partial charge in [0.25, 0.3) is 0 Å². The van der Waals surface area contributed by atoms with Crippen LogP contribution < -0.4 is 10.4 Å². The van der Waals surface area contributed by atoms with Gasteiger partial charge in [0, 0.05) is 12.6 Å². The Morgan fingerprint density at radius 3 is 2.84 bits per heavy atom.